The van der Waals surface area contributed by atoms with E-state index in [9.17, 15) is 0 Å². The van der Waals surface area contributed by atoms with E-state index in [1.54, 1.807) is 0 Å². The summed E-state index contributed by atoms with van der Waals surface area (Å²) in [6, 6.07) is 74.9. The summed E-state index contributed by atoms with van der Waals surface area (Å²) in [7, 11) is 0. The Labute approximate surface area is 474 Å². The lowest BCUT2D eigenvalue weighted by molar-refractivity contribution is 0.660. The number of benzene rings is 9. The van der Waals surface area contributed by atoms with Crippen molar-refractivity contribution in [1.82, 2.24) is 0 Å². The number of allylic oxidation sites excluding steroid dienone is 9. The molecule has 0 aromatic heterocycles. The maximum atomic E-state index is 4.31. The van der Waals surface area contributed by atoms with Crippen molar-refractivity contribution >= 4 is 28.5 Å². The molecule has 9 aromatic rings. The molecule has 0 atom stereocenters. The van der Waals surface area contributed by atoms with E-state index in [0.717, 1.165) is 44.1 Å². The van der Waals surface area contributed by atoms with Crippen LogP contribution in [0.1, 0.15) is 123 Å². The second kappa shape index (κ2) is 27.8. The van der Waals surface area contributed by atoms with Crippen LogP contribution in [0.5, 0.6) is 0 Å². The van der Waals surface area contributed by atoms with E-state index < -0.39 is 0 Å². The summed E-state index contributed by atoms with van der Waals surface area (Å²) in [5, 5.41) is 5.06. The number of hydrogen-bond acceptors (Lipinski definition) is 0. The molecule has 0 fully saturated rings. The largest absolute Gasteiger partial charge is 0.0961 e. The molecule has 0 N–H and O–H groups in total. The molecule has 0 radical (unpaired) electrons. The highest BCUT2D eigenvalue weighted by atomic mass is 14.4. The molecule has 0 unspecified atom stereocenters. The molecule has 0 heteroatoms. The molecule has 11 rings (SSSR count). The van der Waals surface area contributed by atoms with Crippen molar-refractivity contribution in [1.29, 1.82) is 0 Å². The molecule has 0 heterocycles. The summed E-state index contributed by atoms with van der Waals surface area (Å²) in [4.78, 5) is 0. The van der Waals surface area contributed by atoms with Gasteiger partial charge in [-0.15, -0.1) is 0 Å². The standard InChI is InChI=1S/C48H42.C22H24.C7H8.C2H6/c1-34(2)29-47-41(19-11-21-44(47)40-18-10-17-38(32-40)30-36-13-6-4-7-14-36)33-42-20-12-22-46-45(39-25-23-35(3)24-26-39)28-27-43(48(42)46)31-37-15-8-5-9-16-37;1-4-5-6-7-8-11-17-14-15-21-19(16-17)18-12-9-10-13-20(18)22(21,2)3;1-7-5-3-2-4-6-7;1-2/h4-23,25,27-29,32-33H,1,24,26,30-31H2,2-3H3;5-10,12-16H,4,11H2,1-3H3;2-6H,1H3;1-2H3/b41-33?,47-29+;6-5-,8-7-;;. The van der Waals surface area contributed by atoms with E-state index in [2.05, 4.69) is 285 Å². The van der Waals surface area contributed by atoms with E-state index >= 15 is 0 Å². The number of aryl methyl sites for hydroxylation is 1. The van der Waals surface area contributed by atoms with Crippen LogP contribution in [0.4, 0.5) is 0 Å². The third-order valence-electron chi connectivity index (χ3n) is 15.0. The van der Waals surface area contributed by atoms with E-state index in [-0.39, 0.29) is 5.41 Å². The zero-order valence-electron chi connectivity index (χ0n) is 48.2. The summed E-state index contributed by atoms with van der Waals surface area (Å²) in [5.74, 6) is 0. The van der Waals surface area contributed by atoms with E-state index in [4.69, 9.17) is 0 Å². The minimum absolute atomic E-state index is 0.115. The first-order valence-corrected chi connectivity index (χ1v) is 28.7. The Morgan fingerprint density at radius 1 is 0.532 bits per heavy atom. The van der Waals surface area contributed by atoms with Crippen LogP contribution in [0.25, 0.3) is 50.8 Å². The third kappa shape index (κ3) is 14.6. The predicted octanol–water partition coefficient (Wildman–Crippen LogP) is 20.1. The molecular weight excluding hydrogens is 949 g/mol. The van der Waals surface area contributed by atoms with Gasteiger partial charge in [-0.05, 0) is 164 Å². The Morgan fingerprint density at radius 3 is 1.85 bits per heavy atom. The van der Waals surface area contributed by atoms with Crippen molar-refractivity contribution in [3.63, 3.8) is 0 Å². The lowest BCUT2D eigenvalue weighted by Crippen LogP contribution is -2.27. The molecule has 79 heavy (non-hydrogen) atoms. The van der Waals surface area contributed by atoms with Crippen molar-refractivity contribution in [2.45, 2.75) is 99.3 Å². The number of fused-ring (bicyclic) bond motifs is 4. The van der Waals surface area contributed by atoms with Gasteiger partial charge >= 0.3 is 0 Å². The maximum absolute atomic E-state index is 4.31. The van der Waals surface area contributed by atoms with Gasteiger partial charge in [0.1, 0.15) is 0 Å². The molecule has 9 aromatic carbocycles. The van der Waals surface area contributed by atoms with Gasteiger partial charge in [-0.2, -0.15) is 0 Å². The highest BCUT2D eigenvalue weighted by Crippen LogP contribution is 2.48. The van der Waals surface area contributed by atoms with Crippen molar-refractivity contribution < 1.29 is 0 Å². The van der Waals surface area contributed by atoms with Gasteiger partial charge in [0.05, 0.1) is 0 Å². The van der Waals surface area contributed by atoms with Crippen LogP contribution in [-0.4, -0.2) is 0 Å². The summed E-state index contributed by atoms with van der Waals surface area (Å²) >= 11 is 0. The summed E-state index contributed by atoms with van der Waals surface area (Å²) in [5.41, 5.74) is 22.8. The van der Waals surface area contributed by atoms with Crippen LogP contribution in [0.3, 0.4) is 0 Å². The average Bonchev–Trinajstić information content (AvgIpc) is 3.90. The monoisotopic (exact) mass is 1030 g/mol. The number of rotatable bonds is 12. The van der Waals surface area contributed by atoms with Crippen molar-refractivity contribution in [2.75, 3.05) is 0 Å². The van der Waals surface area contributed by atoms with Crippen molar-refractivity contribution in [2.24, 2.45) is 0 Å². The average molecular weight is 1030 g/mol. The Morgan fingerprint density at radius 2 is 1.16 bits per heavy atom. The molecule has 396 valence electrons. The van der Waals surface area contributed by atoms with Gasteiger partial charge in [-0.1, -0.05) is 307 Å². The van der Waals surface area contributed by atoms with E-state index in [1.807, 2.05) is 32.0 Å². The smallest absolute Gasteiger partial charge is 0.0158 e. The maximum Gasteiger partial charge on any atom is 0.0158 e. The fourth-order valence-electron chi connectivity index (χ4n) is 11.0. The quantitative estimate of drug-likeness (QED) is 0.107. The molecule has 0 amide bonds. The Kier molecular flexibility index (Phi) is 20.0. The number of hydrogen-bond donors (Lipinski definition) is 0. The summed E-state index contributed by atoms with van der Waals surface area (Å²) < 4.78 is 0. The van der Waals surface area contributed by atoms with Crippen LogP contribution in [0.2, 0.25) is 0 Å². The lowest BCUT2D eigenvalue weighted by Gasteiger charge is -2.21. The Bertz CT molecular complexity index is 3740. The Balaban J connectivity index is 0.000000217. The topological polar surface area (TPSA) is 0 Å². The molecule has 0 spiro atoms. The summed E-state index contributed by atoms with van der Waals surface area (Å²) in [6.07, 6.45) is 24.0. The van der Waals surface area contributed by atoms with Crippen LogP contribution < -0.4 is 10.4 Å². The predicted molar refractivity (Wildman–Crippen MR) is 346 cm³/mol. The normalized spacial score (nSPS) is 13.5. The lowest BCUT2D eigenvalue weighted by atomic mass is 9.82. The first-order valence-electron chi connectivity index (χ1n) is 28.7. The molecule has 0 nitrogen and oxygen atoms in total. The highest BCUT2D eigenvalue weighted by molar-refractivity contribution is 6.01. The first kappa shape index (κ1) is 56.9. The van der Waals surface area contributed by atoms with Crippen LogP contribution in [-0.2, 0) is 24.7 Å². The van der Waals surface area contributed by atoms with E-state index in [1.165, 1.54) is 110 Å². The molecule has 0 bridgehead atoms. The van der Waals surface area contributed by atoms with Gasteiger partial charge in [0.2, 0.25) is 0 Å². The van der Waals surface area contributed by atoms with Gasteiger partial charge in [0.25, 0.3) is 0 Å². The van der Waals surface area contributed by atoms with Gasteiger partial charge in [0.15, 0.2) is 0 Å². The molecule has 2 aliphatic carbocycles. The van der Waals surface area contributed by atoms with Crippen LogP contribution >= 0.6 is 0 Å². The molecule has 0 saturated heterocycles. The molecule has 0 aliphatic heterocycles. The van der Waals surface area contributed by atoms with Crippen LogP contribution in [0, 0.1) is 6.92 Å². The summed E-state index contributed by atoms with van der Waals surface area (Å²) in [6.45, 7) is 21.5. The van der Waals surface area contributed by atoms with Crippen molar-refractivity contribution in [3.05, 3.63) is 327 Å². The highest BCUT2D eigenvalue weighted by Gasteiger charge is 2.34. The van der Waals surface area contributed by atoms with Gasteiger partial charge in [-0.3, -0.25) is 0 Å². The molecule has 2 aliphatic rings. The Hall–Kier alpha value is -8.32. The van der Waals surface area contributed by atoms with Gasteiger partial charge in [0, 0.05) is 5.41 Å². The van der Waals surface area contributed by atoms with Gasteiger partial charge in [-0.25, -0.2) is 0 Å². The second-order valence-corrected chi connectivity index (χ2v) is 21.4. The minimum Gasteiger partial charge on any atom is -0.0961 e. The fourth-order valence-corrected chi connectivity index (χ4v) is 11.0. The third-order valence-corrected chi connectivity index (χ3v) is 15.0. The fraction of sp³-hybridized carbons (Fsp3) is 0.190. The molecule has 0 saturated carbocycles. The van der Waals surface area contributed by atoms with Crippen LogP contribution in [0.15, 0.2) is 260 Å². The zero-order chi connectivity index (χ0) is 55.6. The SMILES string of the molecule is C=C(C)/C=c1/c(-c2cccc(Cc3ccccc3)c2)cccc1=Cc1cccc2c(C3=CC=C(C)CC3)ccc(Cc3ccccc3)c12.CC.CC/C=C\C=C/Cc1ccc2c(c1)-c1ccccc1C2(C)C.Cc1ccccc1. The van der Waals surface area contributed by atoms with E-state index in [0.29, 0.717) is 0 Å². The second-order valence-electron chi connectivity index (χ2n) is 21.4. The zero-order valence-corrected chi connectivity index (χ0v) is 48.2. The molecular formula is C79H80. The minimum atomic E-state index is 0.115. The first-order chi connectivity index (χ1) is 38.5. The van der Waals surface area contributed by atoms with Gasteiger partial charge < -0.3 is 0 Å². The van der Waals surface area contributed by atoms with Crippen molar-refractivity contribution in [3.8, 4) is 22.3 Å².